The number of aliphatic imine (C=N–C) groups is 1. The first-order valence-electron chi connectivity index (χ1n) is 8.50. The lowest BCUT2D eigenvalue weighted by Gasteiger charge is -2.12. The van der Waals surface area contributed by atoms with Crippen molar-refractivity contribution < 1.29 is 0 Å². The molecule has 0 atom stereocenters. The maximum atomic E-state index is 4.69. The molecule has 1 nitrogen and oxygen atoms in total. The number of para-hydroxylation sites is 1. The molecule has 0 aliphatic heterocycles. The number of hydrogen-bond donors (Lipinski definition) is 0. The topological polar surface area (TPSA) is 12.4 Å². The highest BCUT2D eigenvalue weighted by Crippen LogP contribution is 2.23. The molecule has 2 aromatic carbocycles. The third-order valence-electron chi connectivity index (χ3n) is 4.36. The predicted octanol–water partition coefficient (Wildman–Crippen LogP) is 6.20. The molecule has 22 heavy (non-hydrogen) atoms. The van der Waals surface area contributed by atoms with Gasteiger partial charge in [-0.15, -0.1) is 0 Å². The zero-order valence-corrected chi connectivity index (χ0v) is 13.8. The molecule has 2 aromatic rings. The van der Waals surface area contributed by atoms with Gasteiger partial charge in [-0.3, -0.25) is 4.99 Å². The molecule has 0 N–H and O–H groups in total. The van der Waals surface area contributed by atoms with E-state index in [9.17, 15) is 0 Å². The molecule has 0 bridgehead atoms. The van der Waals surface area contributed by atoms with Crippen molar-refractivity contribution in [3.8, 4) is 0 Å². The lowest BCUT2D eigenvalue weighted by molar-refractivity contribution is 0.441. The fraction of sp³-hybridized carbons (Fsp3) is 0.381. The van der Waals surface area contributed by atoms with Gasteiger partial charge in [0.05, 0.1) is 5.69 Å². The molecule has 0 radical (unpaired) electrons. The summed E-state index contributed by atoms with van der Waals surface area (Å²) in [6.07, 6.45) is 8.25. The van der Waals surface area contributed by atoms with Gasteiger partial charge in [-0.25, -0.2) is 0 Å². The molecule has 0 spiro atoms. The van der Waals surface area contributed by atoms with Crippen LogP contribution in [0.15, 0.2) is 59.6 Å². The van der Waals surface area contributed by atoms with Crippen LogP contribution in [0, 0.1) is 5.92 Å². The Morgan fingerprint density at radius 1 is 0.909 bits per heavy atom. The van der Waals surface area contributed by atoms with E-state index in [2.05, 4.69) is 55.2 Å². The second kappa shape index (κ2) is 9.19. The molecule has 0 unspecified atom stereocenters. The van der Waals surface area contributed by atoms with Gasteiger partial charge in [-0.2, -0.15) is 0 Å². The first-order valence-corrected chi connectivity index (χ1v) is 8.50. The first-order chi connectivity index (χ1) is 10.8. The van der Waals surface area contributed by atoms with E-state index in [1.807, 2.05) is 24.4 Å². The number of benzene rings is 2. The lowest BCUT2D eigenvalue weighted by Crippen LogP contribution is -1.98. The fourth-order valence-electron chi connectivity index (χ4n) is 2.81. The van der Waals surface area contributed by atoms with E-state index in [1.165, 1.54) is 31.2 Å². The molecule has 0 fully saturated rings. The molecule has 2 rings (SSSR count). The van der Waals surface area contributed by atoms with Gasteiger partial charge >= 0.3 is 0 Å². The molecule has 0 aliphatic carbocycles. The van der Waals surface area contributed by atoms with E-state index < -0.39 is 0 Å². The molecule has 0 aromatic heterocycles. The molecule has 0 saturated heterocycles. The SMILES string of the molecule is CCC(CC)CCCc1ccccc1N=Cc1ccccc1. The van der Waals surface area contributed by atoms with Crippen molar-refractivity contribution >= 4 is 11.9 Å². The summed E-state index contributed by atoms with van der Waals surface area (Å²) in [5.74, 6) is 0.875. The van der Waals surface area contributed by atoms with E-state index in [1.54, 1.807) is 0 Å². The summed E-state index contributed by atoms with van der Waals surface area (Å²) >= 11 is 0. The van der Waals surface area contributed by atoms with Gasteiger partial charge in [0.25, 0.3) is 0 Å². The van der Waals surface area contributed by atoms with Crippen molar-refractivity contribution in [2.75, 3.05) is 0 Å². The molecule has 0 amide bonds. The summed E-state index contributed by atoms with van der Waals surface area (Å²) in [6, 6.07) is 18.8. The Kier molecular flexibility index (Phi) is 6.89. The van der Waals surface area contributed by atoms with Crippen molar-refractivity contribution in [1.82, 2.24) is 0 Å². The summed E-state index contributed by atoms with van der Waals surface area (Å²) in [6.45, 7) is 4.60. The van der Waals surface area contributed by atoms with Gasteiger partial charge in [0, 0.05) is 6.21 Å². The fourth-order valence-corrected chi connectivity index (χ4v) is 2.81. The predicted molar refractivity (Wildman–Crippen MR) is 97.1 cm³/mol. The Bertz CT molecular complexity index is 567. The van der Waals surface area contributed by atoms with Crippen LogP contribution in [0.4, 0.5) is 5.69 Å². The van der Waals surface area contributed by atoms with Gasteiger partial charge in [0.1, 0.15) is 0 Å². The minimum atomic E-state index is 0.875. The Balaban J connectivity index is 1.99. The van der Waals surface area contributed by atoms with Crippen molar-refractivity contribution in [2.24, 2.45) is 10.9 Å². The normalized spacial score (nSPS) is 11.4. The van der Waals surface area contributed by atoms with Crippen molar-refractivity contribution in [1.29, 1.82) is 0 Å². The highest BCUT2D eigenvalue weighted by atomic mass is 14.7. The van der Waals surface area contributed by atoms with Crippen LogP contribution in [-0.4, -0.2) is 6.21 Å². The standard InChI is InChI=1S/C21H27N/c1-3-18(4-2)13-10-15-20-14-8-9-16-21(20)22-17-19-11-6-5-7-12-19/h5-9,11-12,14,16-18H,3-4,10,13,15H2,1-2H3. The minimum absolute atomic E-state index is 0.875. The average Bonchev–Trinajstić information content (AvgIpc) is 2.59. The number of hydrogen-bond acceptors (Lipinski definition) is 1. The third-order valence-corrected chi connectivity index (χ3v) is 4.36. The van der Waals surface area contributed by atoms with Crippen LogP contribution in [0.1, 0.15) is 50.7 Å². The highest BCUT2D eigenvalue weighted by Gasteiger charge is 2.05. The molecule has 116 valence electrons. The molecular formula is C21H27N. The largest absolute Gasteiger partial charge is 0.256 e. The molecular weight excluding hydrogens is 266 g/mol. The van der Waals surface area contributed by atoms with Crippen LogP contribution in [-0.2, 0) is 6.42 Å². The van der Waals surface area contributed by atoms with Gasteiger partial charge in [-0.1, -0.05) is 81.6 Å². The molecule has 0 aliphatic rings. The van der Waals surface area contributed by atoms with Crippen molar-refractivity contribution in [2.45, 2.75) is 46.0 Å². The van der Waals surface area contributed by atoms with Crippen LogP contribution in [0.5, 0.6) is 0 Å². The second-order valence-electron chi connectivity index (χ2n) is 5.87. The smallest absolute Gasteiger partial charge is 0.0661 e. The number of rotatable bonds is 8. The van der Waals surface area contributed by atoms with Gasteiger partial charge in [-0.05, 0) is 36.0 Å². The number of nitrogens with zero attached hydrogens (tertiary/aromatic N) is 1. The van der Waals surface area contributed by atoms with Crippen LogP contribution in [0.25, 0.3) is 0 Å². The Morgan fingerprint density at radius 2 is 1.59 bits per heavy atom. The minimum Gasteiger partial charge on any atom is -0.256 e. The monoisotopic (exact) mass is 293 g/mol. The van der Waals surface area contributed by atoms with E-state index in [0.29, 0.717) is 0 Å². The Morgan fingerprint density at radius 3 is 2.32 bits per heavy atom. The zero-order valence-electron chi connectivity index (χ0n) is 13.8. The summed E-state index contributed by atoms with van der Waals surface area (Å²) < 4.78 is 0. The summed E-state index contributed by atoms with van der Waals surface area (Å²) in [4.78, 5) is 4.69. The Hall–Kier alpha value is -1.89. The van der Waals surface area contributed by atoms with E-state index in [4.69, 9.17) is 0 Å². The highest BCUT2D eigenvalue weighted by molar-refractivity contribution is 5.82. The van der Waals surface area contributed by atoms with Gasteiger partial charge in [0.2, 0.25) is 0 Å². The van der Waals surface area contributed by atoms with E-state index >= 15 is 0 Å². The zero-order chi connectivity index (χ0) is 15.6. The van der Waals surface area contributed by atoms with Crippen LogP contribution in [0.2, 0.25) is 0 Å². The Labute approximate surface area is 135 Å². The summed E-state index contributed by atoms with van der Waals surface area (Å²) in [5.41, 5.74) is 3.62. The second-order valence-corrected chi connectivity index (χ2v) is 5.87. The van der Waals surface area contributed by atoms with Crippen LogP contribution in [0.3, 0.4) is 0 Å². The lowest BCUT2D eigenvalue weighted by atomic mass is 9.95. The first kappa shape index (κ1) is 16.5. The summed E-state index contributed by atoms with van der Waals surface area (Å²) in [5, 5.41) is 0. The van der Waals surface area contributed by atoms with Gasteiger partial charge < -0.3 is 0 Å². The quantitative estimate of drug-likeness (QED) is 0.514. The van der Waals surface area contributed by atoms with E-state index in [0.717, 1.165) is 23.6 Å². The summed E-state index contributed by atoms with van der Waals surface area (Å²) in [7, 11) is 0. The number of aryl methyl sites for hydroxylation is 1. The molecule has 0 saturated carbocycles. The molecule has 0 heterocycles. The van der Waals surface area contributed by atoms with Gasteiger partial charge in [0.15, 0.2) is 0 Å². The van der Waals surface area contributed by atoms with Crippen LogP contribution >= 0.6 is 0 Å². The maximum Gasteiger partial charge on any atom is 0.0661 e. The maximum absolute atomic E-state index is 4.69. The van der Waals surface area contributed by atoms with Crippen LogP contribution < -0.4 is 0 Å². The van der Waals surface area contributed by atoms with Crippen molar-refractivity contribution in [3.05, 3.63) is 65.7 Å². The van der Waals surface area contributed by atoms with Crippen molar-refractivity contribution in [3.63, 3.8) is 0 Å². The molecule has 1 heteroatoms. The van der Waals surface area contributed by atoms with E-state index in [-0.39, 0.29) is 0 Å². The third kappa shape index (κ3) is 5.14. The average molecular weight is 293 g/mol.